The van der Waals surface area contributed by atoms with Crippen molar-refractivity contribution in [3.8, 4) is 34.0 Å². The summed E-state index contributed by atoms with van der Waals surface area (Å²) in [6, 6.07) is 30.8. The van der Waals surface area contributed by atoms with E-state index in [1.165, 1.54) is 12.1 Å². The van der Waals surface area contributed by atoms with Gasteiger partial charge in [-0.25, -0.2) is 0 Å². The fourth-order valence-corrected chi connectivity index (χ4v) is 4.89. The molecule has 3 nitrogen and oxygen atoms in total. The van der Waals surface area contributed by atoms with Gasteiger partial charge in [0.2, 0.25) is 0 Å². The van der Waals surface area contributed by atoms with Crippen molar-refractivity contribution in [3.05, 3.63) is 121 Å². The molecular formula is C31H18F3N3. The molecule has 0 saturated heterocycles. The number of benzene rings is 4. The predicted octanol–water partition coefficient (Wildman–Crippen LogP) is 8.40. The number of nitriles is 1. The smallest absolute Gasteiger partial charge is 0.309 e. The molecule has 0 unspecified atom stereocenters. The topological polar surface area (TPSA) is 41.6 Å². The zero-order valence-corrected chi connectivity index (χ0v) is 19.4. The summed E-state index contributed by atoms with van der Waals surface area (Å²) in [4.78, 5) is 4.09. The number of fused-ring (bicyclic) bond motifs is 3. The lowest BCUT2D eigenvalue weighted by molar-refractivity contribution is -0.137. The lowest BCUT2D eigenvalue weighted by Gasteiger charge is -2.17. The Bertz CT molecular complexity index is 1810. The first kappa shape index (κ1) is 22.6. The van der Waals surface area contributed by atoms with E-state index in [0.29, 0.717) is 16.5 Å². The summed E-state index contributed by atoms with van der Waals surface area (Å²) < 4.78 is 42.8. The Morgan fingerprint density at radius 2 is 1.35 bits per heavy atom. The average Bonchev–Trinajstić information content (AvgIpc) is 3.26. The van der Waals surface area contributed by atoms with E-state index in [0.717, 1.165) is 44.9 Å². The standard InChI is InChI=1S/C31H18F3N3/c32-31(33,34)23-10-11-29-27(17-23)24-8-4-5-9-28(24)37(29)30-18-25(21-12-14-36-15-13-21)22(19-35)16-26(30)20-6-2-1-3-7-20/h1-18H. The molecule has 0 aliphatic carbocycles. The van der Waals surface area contributed by atoms with E-state index in [1.54, 1.807) is 12.4 Å². The molecule has 0 aliphatic rings. The van der Waals surface area contributed by atoms with Crippen molar-refractivity contribution < 1.29 is 13.2 Å². The molecule has 0 N–H and O–H groups in total. The van der Waals surface area contributed by atoms with Crippen LogP contribution in [-0.2, 0) is 6.18 Å². The number of halogens is 3. The Labute approximate surface area is 210 Å². The van der Waals surface area contributed by atoms with Crippen molar-refractivity contribution in [1.29, 1.82) is 5.26 Å². The maximum atomic E-state index is 13.6. The molecule has 0 atom stereocenters. The second-order valence-electron chi connectivity index (χ2n) is 8.71. The van der Waals surface area contributed by atoms with Crippen LogP contribution in [0.2, 0.25) is 0 Å². The van der Waals surface area contributed by atoms with Gasteiger partial charge in [-0.1, -0.05) is 48.5 Å². The van der Waals surface area contributed by atoms with Crippen molar-refractivity contribution in [2.75, 3.05) is 0 Å². The Kier molecular flexibility index (Phi) is 5.27. The molecule has 0 fully saturated rings. The maximum absolute atomic E-state index is 13.6. The molecule has 178 valence electrons. The summed E-state index contributed by atoms with van der Waals surface area (Å²) in [7, 11) is 0. The number of nitrogens with zero attached hydrogens (tertiary/aromatic N) is 3. The monoisotopic (exact) mass is 489 g/mol. The minimum atomic E-state index is -4.45. The van der Waals surface area contributed by atoms with Crippen molar-refractivity contribution in [3.63, 3.8) is 0 Å². The van der Waals surface area contributed by atoms with Crippen LogP contribution in [0.4, 0.5) is 13.2 Å². The van der Waals surface area contributed by atoms with Crippen molar-refractivity contribution >= 4 is 21.8 Å². The summed E-state index contributed by atoms with van der Waals surface area (Å²) in [5, 5.41) is 11.3. The largest absolute Gasteiger partial charge is 0.416 e. The lowest BCUT2D eigenvalue weighted by Crippen LogP contribution is -2.04. The molecule has 0 spiro atoms. The fraction of sp³-hybridized carbons (Fsp3) is 0.0323. The SMILES string of the molecule is N#Cc1cc(-c2ccccc2)c(-n2c3ccccc3c3cc(C(F)(F)F)ccc32)cc1-c1ccncc1. The van der Waals surface area contributed by atoms with Gasteiger partial charge in [0.05, 0.1) is 33.9 Å². The first-order valence-corrected chi connectivity index (χ1v) is 11.6. The van der Waals surface area contributed by atoms with E-state index in [4.69, 9.17) is 0 Å². The third kappa shape index (κ3) is 3.82. The Balaban J connectivity index is 1.75. The average molecular weight is 490 g/mol. The van der Waals surface area contributed by atoms with E-state index in [2.05, 4.69) is 11.1 Å². The normalized spacial score (nSPS) is 11.6. The van der Waals surface area contributed by atoms with Crippen LogP contribution in [0.1, 0.15) is 11.1 Å². The summed E-state index contributed by atoms with van der Waals surface area (Å²) >= 11 is 0. The third-order valence-corrected chi connectivity index (χ3v) is 6.57. The van der Waals surface area contributed by atoms with Crippen molar-refractivity contribution in [2.24, 2.45) is 0 Å². The molecule has 6 aromatic rings. The highest BCUT2D eigenvalue weighted by Crippen LogP contribution is 2.41. The van der Waals surface area contributed by atoms with Crippen LogP contribution >= 0.6 is 0 Å². The van der Waals surface area contributed by atoms with Gasteiger partial charge in [-0.3, -0.25) is 4.98 Å². The van der Waals surface area contributed by atoms with Crippen molar-refractivity contribution in [1.82, 2.24) is 9.55 Å². The number of hydrogen-bond donors (Lipinski definition) is 0. The van der Waals surface area contributed by atoms with E-state index < -0.39 is 11.7 Å². The Morgan fingerprint density at radius 1 is 0.676 bits per heavy atom. The number of hydrogen-bond acceptors (Lipinski definition) is 2. The van der Waals surface area contributed by atoms with Gasteiger partial charge in [0, 0.05) is 34.3 Å². The van der Waals surface area contributed by atoms with Gasteiger partial charge in [0.25, 0.3) is 0 Å². The quantitative estimate of drug-likeness (QED) is 0.250. The summed E-state index contributed by atoms with van der Waals surface area (Å²) in [6.07, 6.45) is -1.11. The lowest BCUT2D eigenvalue weighted by atomic mass is 9.94. The number of aromatic nitrogens is 2. The molecule has 2 aromatic heterocycles. The van der Waals surface area contributed by atoms with Crippen LogP contribution in [0.3, 0.4) is 0 Å². The van der Waals surface area contributed by atoms with Crippen molar-refractivity contribution in [2.45, 2.75) is 6.18 Å². The highest BCUT2D eigenvalue weighted by atomic mass is 19.4. The van der Waals surface area contributed by atoms with Crippen LogP contribution in [0.5, 0.6) is 0 Å². The summed E-state index contributed by atoms with van der Waals surface area (Å²) in [5.74, 6) is 0. The molecule has 37 heavy (non-hydrogen) atoms. The Morgan fingerprint density at radius 3 is 2.08 bits per heavy atom. The van der Waals surface area contributed by atoms with E-state index in [-0.39, 0.29) is 0 Å². The molecule has 0 saturated carbocycles. The fourth-order valence-electron chi connectivity index (χ4n) is 4.89. The first-order chi connectivity index (χ1) is 18.0. The van der Waals surface area contributed by atoms with Gasteiger partial charge in [-0.15, -0.1) is 0 Å². The summed E-state index contributed by atoms with van der Waals surface area (Å²) in [6.45, 7) is 0. The van der Waals surface area contributed by atoms with Gasteiger partial charge in [-0.2, -0.15) is 18.4 Å². The molecule has 4 aromatic carbocycles. The second kappa shape index (κ2) is 8.65. The van der Waals surface area contributed by atoms with Crippen LogP contribution in [0.15, 0.2) is 109 Å². The van der Waals surface area contributed by atoms with Gasteiger partial charge in [0.1, 0.15) is 0 Å². The van der Waals surface area contributed by atoms with E-state index in [1.807, 2.05) is 83.4 Å². The van der Waals surface area contributed by atoms with E-state index in [9.17, 15) is 18.4 Å². The van der Waals surface area contributed by atoms with Crippen LogP contribution in [-0.4, -0.2) is 9.55 Å². The minimum absolute atomic E-state index is 0.494. The van der Waals surface area contributed by atoms with Gasteiger partial charge in [0.15, 0.2) is 0 Å². The highest BCUT2D eigenvalue weighted by Gasteiger charge is 2.31. The minimum Gasteiger partial charge on any atom is -0.309 e. The molecule has 6 rings (SSSR count). The zero-order valence-electron chi connectivity index (χ0n) is 19.4. The van der Waals surface area contributed by atoms with Gasteiger partial charge >= 0.3 is 6.18 Å². The number of pyridine rings is 1. The maximum Gasteiger partial charge on any atom is 0.416 e. The number of rotatable bonds is 3. The molecule has 6 heteroatoms. The van der Waals surface area contributed by atoms with Gasteiger partial charge in [-0.05, 0) is 59.7 Å². The Hall–Kier alpha value is -4.89. The highest BCUT2D eigenvalue weighted by molar-refractivity contribution is 6.10. The van der Waals surface area contributed by atoms with Crippen LogP contribution in [0.25, 0.3) is 49.7 Å². The number of alkyl halides is 3. The first-order valence-electron chi connectivity index (χ1n) is 11.6. The molecule has 0 bridgehead atoms. The molecule has 0 amide bonds. The van der Waals surface area contributed by atoms with E-state index >= 15 is 0 Å². The molecule has 0 aliphatic heterocycles. The third-order valence-electron chi connectivity index (χ3n) is 6.57. The second-order valence-corrected chi connectivity index (χ2v) is 8.71. The summed E-state index contributed by atoms with van der Waals surface area (Å²) in [5.41, 5.74) is 5.24. The van der Waals surface area contributed by atoms with Crippen LogP contribution < -0.4 is 0 Å². The molecular weight excluding hydrogens is 471 g/mol. The predicted molar refractivity (Wildman–Crippen MR) is 139 cm³/mol. The number of para-hydroxylation sites is 1. The molecule has 2 heterocycles. The zero-order chi connectivity index (χ0) is 25.6. The van der Waals surface area contributed by atoms with Gasteiger partial charge < -0.3 is 4.57 Å². The molecule has 0 radical (unpaired) electrons. The van der Waals surface area contributed by atoms with Crippen LogP contribution in [0, 0.1) is 11.3 Å².